The fourth-order valence-corrected chi connectivity index (χ4v) is 4.81. The lowest BCUT2D eigenvalue weighted by Crippen LogP contribution is -2.31. The Balaban J connectivity index is 1.49. The Bertz CT molecular complexity index is 1490. The van der Waals surface area contributed by atoms with Gasteiger partial charge in [-0.1, -0.05) is 41.4 Å². The zero-order chi connectivity index (χ0) is 25.8. The molecule has 0 aliphatic carbocycles. The normalized spacial score (nSPS) is 11.8. The Morgan fingerprint density at radius 2 is 1.89 bits per heavy atom. The molecule has 4 rings (SSSR count). The summed E-state index contributed by atoms with van der Waals surface area (Å²) in [5, 5.41) is 3.65. The number of benzene rings is 2. The van der Waals surface area contributed by atoms with Gasteiger partial charge in [-0.3, -0.25) is 14.2 Å². The molecule has 4 aromatic rings. The summed E-state index contributed by atoms with van der Waals surface area (Å²) in [5.41, 5.74) is 0.331. The van der Waals surface area contributed by atoms with Crippen molar-refractivity contribution in [1.29, 1.82) is 0 Å². The summed E-state index contributed by atoms with van der Waals surface area (Å²) in [5.74, 6) is -0.375. The summed E-state index contributed by atoms with van der Waals surface area (Å²) >= 11 is 13.2. The first kappa shape index (κ1) is 25.7. The van der Waals surface area contributed by atoms with Gasteiger partial charge in [-0.05, 0) is 49.7 Å². The molecule has 1 amide bonds. The van der Waals surface area contributed by atoms with Gasteiger partial charge in [0.2, 0.25) is 5.91 Å². The van der Waals surface area contributed by atoms with Crippen molar-refractivity contribution in [3.05, 3.63) is 85.7 Å². The molecule has 0 saturated carbocycles. The highest BCUT2D eigenvalue weighted by molar-refractivity contribution is 7.20. The van der Waals surface area contributed by atoms with Crippen LogP contribution in [-0.4, -0.2) is 34.6 Å². The summed E-state index contributed by atoms with van der Waals surface area (Å²) in [7, 11) is 0. The largest absolute Gasteiger partial charge is 0.490 e. The molecule has 11 heteroatoms. The monoisotopic (exact) mass is 545 g/mol. The number of nitrogens with zero attached hydrogens (tertiary/aromatic N) is 2. The van der Waals surface area contributed by atoms with Crippen molar-refractivity contribution in [3.8, 4) is 5.75 Å². The maximum atomic E-state index is 13.3. The number of nitrogens with one attached hydrogen (secondary N) is 1. The number of hydrogen-bond acceptors (Lipinski definition) is 7. The molecule has 1 unspecified atom stereocenters. The predicted octanol–water partition coefficient (Wildman–Crippen LogP) is 5.51. The number of para-hydroxylation sites is 1. The van der Waals surface area contributed by atoms with Crippen LogP contribution in [0.2, 0.25) is 10.0 Å². The average molecular weight is 546 g/mol. The number of halogens is 2. The van der Waals surface area contributed by atoms with Gasteiger partial charge in [0.1, 0.15) is 34.7 Å². The first-order valence-corrected chi connectivity index (χ1v) is 12.4. The van der Waals surface area contributed by atoms with Crippen LogP contribution in [0.15, 0.2) is 59.7 Å². The molecule has 1 atom stereocenters. The van der Waals surface area contributed by atoms with Crippen LogP contribution in [0, 0.1) is 6.92 Å². The van der Waals surface area contributed by atoms with E-state index < -0.39 is 23.5 Å². The number of carbonyl (C=O) groups excluding carboxylic acids is 2. The standard InChI is InChI=1S/C25H21Cl2N3O5S/c1-14-20-23(36-21(14)25(33)35-11-10-34-17-6-4-3-5-7-17)28-13-30(24(20)32)15(2)22(31)29-19-12-16(26)8-9-18(19)27/h3-9,12-13,15H,10-11H2,1-2H3,(H,29,31). The number of anilines is 1. The maximum Gasteiger partial charge on any atom is 0.348 e. The fraction of sp³-hybridized carbons (Fsp3) is 0.200. The Hall–Kier alpha value is -3.40. The number of esters is 1. The molecule has 2 heterocycles. The topological polar surface area (TPSA) is 99.5 Å². The van der Waals surface area contributed by atoms with Gasteiger partial charge in [0.15, 0.2) is 0 Å². The highest BCUT2D eigenvalue weighted by Gasteiger charge is 2.24. The average Bonchev–Trinajstić information content (AvgIpc) is 3.21. The summed E-state index contributed by atoms with van der Waals surface area (Å²) in [6, 6.07) is 13.0. The van der Waals surface area contributed by atoms with Crippen molar-refractivity contribution in [2.75, 3.05) is 18.5 Å². The second-order valence-electron chi connectivity index (χ2n) is 7.78. The first-order chi connectivity index (χ1) is 17.3. The fourth-order valence-electron chi connectivity index (χ4n) is 3.44. The molecule has 36 heavy (non-hydrogen) atoms. The van der Waals surface area contributed by atoms with Crippen molar-refractivity contribution < 1.29 is 19.1 Å². The van der Waals surface area contributed by atoms with Gasteiger partial charge in [0.05, 0.1) is 22.4 Å². The van der Waals surface area contributed by atoms with Crippen LogP contribution < -0.4 is 15.6 Å². The molecule has 0 radical (unpaired) electrons. The Kier molecular flexibility index (Phi) is 7.93. The highest BCUT2D eigenvalue weighted by atomic mass is 35.5. The van der Waals surface area contributed by atoms with Gasteiger partial charge in [-0.25, -0.2) is 9.78 Å². The van der Waals surface area contributed by atoms with Gasteiger partial charge >= 0.3 is 5.97 Å². The predicted molar refractivity (Wildman–Crippen MR) is 141 cm³/mol. The lowest BCUT2D eigenvalue weighted by molar-refractivity contribution is -0.118. The molecule has 8 nitrogen and oxygen atoms in total. The van der Waals surface area contributed by atoms with Crippen LogP contribution in [0.5, 0.6) is 5.75 Å². The zero-order valence-corrected chi connectivity index (χ0v) is 21.6. The third-order valence-corrected chi connectivity index (χ3v) is 7.12. The molecule has 0 fully saturated rings. The molecule has 2 aromatic carbocycles. The minimum absolute atomic E-state index is 0.0440. The highest BCUT2D eigenvalue weighted by Crippen LogP contribution is 2.29. The molecule has 1 N–H and O–H groups in total. The molecule has 0 bridgehead atoms. The SMILES string of the molecule is Cc1c(C(=O)OCCOc2ccccc2)sc2ncn(C(C)C(=O)Nc3cc(Cl)ccc3Cl)c(=O)c12. The van der Waals surface area contributed by atoms with E-state index in [1.165, 1.54) is 17.0 Å². The van der Waals surface area contributed by atoms with Crippen LogP contribution in [0.1, 0.15) is 28.2 Å². The van der Waals surface area contributed by atoms with E-state index in [-0.39, 0.29) is 23.5 Å². The van der Waals surface area contributed by atoms with E-state index in [1.54, 1.807) is 38.1 Å². The molecular formula is C25H21Cl2N3O5S. The van der Waals surface area contributed by atoms with Crippen LogP contribution >= 0.6 is 34.5 Å². The minimum Gasteiger partial charge on any atom is -0.490 e. The Morgan fingerprint density at radius 3 is 2.64 bits per heavy atom. The third kappa shape index (κ3) is 5.53. The molecule has 2 aromatic heterocycles. The van der Waals surface area contributed by atoms with Gasteiger partial charge in [0, 0.05) is 5.02 Å². The van der Waals surface area contributed by atoms with E-state index in [0.717, 1.165) is 11.3 Å². The van der Waals surface area contributed by atoms with Crippen molar-refractivity contribution in [3.63, 3.8) is 0 Å². The number of ether oxygens (including phenoxy) is 2. The molecule has 0 saturated heterocycles. The smallest absolute Gasteiger partial charge is 0.348 e. The van der Waals surface area contributed by atoms with E-state index in [2.05, 4.69) is 10.3 Å². The quantitative estimate of drug-likeness (QED) is 0.231. The molecule has 0 aliphatic heterocycles. The number of rotatable bonds is 8. The summed E-state index contributed by atoms with van der Waals surface area (Å²) in [6.45, 7) is 3.45. The van der Waals surface area contributed by atoms with E-state index >= 15 is 0 Å². The van der Waals surface area contributed by atoms with Crippen LogP contribution in [0.4, 0.5) is 5.69 Å². The molecule has 186 valence electrons. The number of hydrogen-bond donors (Lipinski definition) is 1. The number of thiophene rings is 1. The van der Waals surface area contributed by atoms with E-state index in [4.69, 9.17) is 32.7 Å². The molecule has 0 aliphatic rings. The molecule has 0 spiro atoms. The summed E-state index contributed by atoms with van der Waals surface area (Å²) in [4.78, 5) is 43.7. The van der Waals surface area contributed by atoms with Crippen LogP contribution in [0.25, 0.3) is 10.2 Å². The van der Waals surface area contributed by atoms with Gasteiger partial charge in [-0.2, -0.15) is 0 Å². The molecular weight excluding hydrogens is 525 g/mol. The van der Waals surface area contributed by atoms with Crippen molar-refractivity contribution >= 4 is 62.3 Å². The second kappa shape index (κ2) is 11.1. The van der Waals surface area contributed by atoms with Crippen molar-refractivity contribution in [2.45, 2.75) is 19.9 Å². The first-order valence-electron chi connectivity index (χ1n) is 10.9. The number of aromatic nitrogens is 2. The van der Waals surface area contributed by atoms with E-state index in [1.807, 2.05) is 18.2 Å². The summed E-state index contributed by atoms with van der Waals surface area (Å²) in [6.07, 6.45) is 1.28. The summed E-state index contributed by atoms with van der Waals surface area (Å²) < 4.78 is 12.1. The van der Waals surface area contributed by atoms with Crippen LogP contribution in [-0.2, 0) is 9.53 Å². The zero-order valence-electron chi connectivity index (χ0n) is 19.3. The van der Waals surface area contributed by atoms with Crippen LogP contribution in [0.3, 0.4) is 0 Å². The van der Waals surface area contributed by atoms with Gasteiger partial charge in [-0.15, -0.1) is 11.3 Å². The third-order valence-electron chi connectivity index (χ3n) is 5.37. The number of aryl methyl sites for hydroxylation is 1. The number of fused-ring (bicyclic) bond motifs is 1. The van der Waals surface area contributed by atoms with E-state index in [9.17, 15) is 14.4 Å². The lowest BCUT2D eigenvalue weighted by Gasteiger charge is -2.15. The number of amides is 1. The van der Waals surface area contributed by atoms with E-state index in [0.29, 0.717) is 31.9 Å². The van der Waals surface area contributed by atoms with Crippen molar-refractivity contribution in [1.82, 2.24) is 9.55 Å². The Labute approximate surface area is 220 Å². The number of carbonyl (C=O) groups is 2. The minimum atomic E-state index is -0.908. The lowest BCUT2D eigenvalue weighted by atomic mass is 10.2. The maximum absolute atomic E-state index is 13.3. The second-order valence-corrected chi connectivity index (χ2v) is 9.62. The Morgan fingerprint density at radius 1 is 1.14 bits per heavy atom. The van der Waals surface area contributed by atoms with Gasteiger partial charge in [0.25, 0.3) is 5.56 Å². The van der Waals surface area contributed by atoms with Crippen molar-refractivity contribution in [2.24, 2.45) is 0 Å². The van der Waals surface area contributed by atoms with Gasteiger partial charge < -0.3 is 14.8 Å².